The van der Waals surface area contributed by atoms with Crippen molar-refractivity contribution >= 4 is 17.7 Å². The van der Waals surface area contributed by atoms with Gasteiger partial charge in [-0.05, 0) is 26.3 Å². The van der Waals surface area contributed by atoms with E-state index in [9.17, 15) is 0 Å². The van der Waals surface area contributed by atoms with Gasteiger partial charge >= 0.3 is 0 Å². The second-order valence-corrected chi connectivity index (χ2v) is 5.62. The van der Waals surface area contributed by atoms with Gasteiger partial charge < -0.3 is 15.5 Å². The fourth-order valence-electron chi connectivity index (χ4n) is 1.88. The first-order valence-electron chi connectivity index (χ1n) is 5.95. The van der Waals surface area contributed by atoms with E-state index in [1.165, 1.54) is 17.9 Å². The summed E-state index contributed by atoms with van der Waals surface area (Å²) < 4.78 is 0. The van der Waals surface area contributed by atoms with E-state index in [1.54, 1.807) is 7.05 Å². The van der Waals surface area contributed by atoms with Crippen LogP contribution in [0.1, 0.15) is 6.42 Å². The summed E-state index contributed by atoms with van der Waals surface area (Å²) in [5.41, 5.74) is 0.260. The maximum atomic E-state index is 4.20. The van der Waals surface area contributed by atoms with Crippen molar-refractivity contribution < 1.29 is 0 Å². The summed E-state index contributed by atoms with van der Waals surface area (Å²) in [6, 6.07) is 0. The third kappa shape index (κ3) is 3.92. The SMILES string of the molecule is C=CCNC(=NC)NCC1(N(C)C)CCSC1. The van der Waals surface area contributed by atoms with Gasteiger partial charge in [0.1, 0.15) is 0 Å². The van der Waals surface area contributed by atoms with Crippen molar-refractivity contribution in [3.63, 3.8) is 0 Å². The number of nitrogens with one attached hydrogen (secondary N) is 2. The van der Waals surface area contributed by atoms with E-state index < -0.39 is 0 Å². The summed E-state index contributed by atoms with van der Waals surface area (Å²) in [5, 5.41) is 6.60. The Morgan fingerprint density at radius 2 is 2.29 bits per heavy atom. The molecule has 1 aliphatic heterocycles. The van der Waals surface area contributed by atoms with Crippen LogP contribution in [0.3, 0.4) is 0 Å². The number of rotatable bonds is 5. The van der Waals surface area contributed by atoms with Crippen LogP contribution >= 0.6 is 11.8 Å². The molecule has 1 rings (SSSR count). The molecule has 0 bridgehead atoms. The highest BCUT2D eigenvalue weighted by Gasteiger charge is 2.36. The molecule has 17 heavy (non-hydrogen) atoms. The minimum atomic E-state index is 0.260. The van der Waals surface area contributed by atoms with Gasteiger partial charge in [-0.1, -0.05) is 6.08 Å². The lowest BCUT2D eigenvalue weighted by Crippen LogP contribution is -2.54. The Balaban J connectivity index is 2.48. The lowest BCUT2D eigenvalue weighted by molar-refractivity contribution is 0.183. The van der Waals surface area contributed by atoms with E-state index in [1.807, 2.05) is 17.8 Å². The van der Waals surface area contributed by atoms with Gasteiger partial charge in [-0.3, -0.25) is 4.99 Å². The van der Waals surface area contributed by atoms with Crippen LogP contribution in [0.15, 0.2) is 17.6 Å². The highest BCUT2D eigenvalue weighted by atomic mass is 32.2. The van der Waals surface area contributed by atoms with Gasteiger partial charge in [-0.15, -0.1) is 6.58 Å². The predicted octanol–water partition coefficient (Wildman–Crippen LogP) is 0.775. The minimum absolute atomic E-state index is 0.260. The average molecular weight is 256 g/mol. The van der Waals surface area contributed by atoms with Crippen LogP contribution in [0.2, 0.25) is 0 Å². The largest absolute Gasteiger partial charge is 0.355 e. The van der Waals surface area contributed by atoms with Gasteiger partial charge in [-0.2, -0.15) is 11.8 Å². The Kier molecular flexibility index (Phi) is 5.85. The standard InChI is InChI=1S/C12H24N4S/c1-5-7-14-11(13-2)15-9-12(16(3)4)6-8-17-10-12/h5H,1,6-10H2,2-4H3,(H2,13,14,15). The van der Waals surface area contributed by atoms with Gasteiger partial charge in [0, 0.05) is 31.4 Å². The number of nitrogens with zero attached hydrogens (tertiary/aromatic N) is 2. The van der Waals surface area contributed by atoms with E-state index in [0.717, 1.165) is 19.0 Å². The third-order valence-electron chi connectivity index (χ3n) is 3.25. The molecule has 0 spiro atoms. The monoisotopic (exact) mass is 256 g/mol. The van der Waals surface area contributed by atoms with E-state index in [0.29, 0.717) is 0 Å². The van der Waals surface area contributed by atoms with Crippen molar-refractivity contribution in [2.45, 2.75) is 12.0 Å². The molecule has 0 aliphatic carbocycles. The van der Waals surface area contributed by atoms with Crippen molar-refractivity contribution in [3.8, 4) is 0 Å². The summed E-state index contributed by atoms with van der Waals surface area (Å²) in [5.74, 6) is 3.28. The second-order valence-electron chi connectivity index (χ2n) is 4.52. The quantitative estimate of drug-likeness (QED) is 0.433. The first kappa shape index (κ1) is 14.4. The molecule has 0 amide bonds. The van der Waals surface area contributed by atoms with Crippen molar-refractivity contribution in [1.29, 1.82) is 0 Å². The molecule has 0 radical (unpaired) electrons. The first-order valence-corrected chi connectivity index (χ1v) is 7.11. The third-order valence-corrected chi connectivity index (χ3v) is 4.49. The molecule has 0 aromatic rings. The van der Waals surface area contributed by atoms with Crippen LogP contribution < -0.4 is 10.6 Å². The van der Waals surface area contributed by atoms with E-state index in [-0.39, 0.29) is 5.54 Å². The Labute approximate surface area is 109 Å². The summed E-state index contributed by atoms with van der Waals surface area (Å²) in [6.45, 7) is 5.36. The molecule has 1 aliphatic rings. The smallest absolute Gasteiger partial charge is 0.191 e. The highest BCUT2D eigenvalue weighted by molar-refractivity contribution is 7.99. The molecule has 0 aromatic carbocycles. The van der Waals surface area contributed by atoms with Crippen LogP contribution in [0.5, 0.6) is 0 Å². The lowest BCUT2D eigenvalue weighted by atomic mass is 9.97. The van der Waals surface area contributed by atoms with Gasteiger partial charge in [0.15, 0.2) is 5.96 Å². The zero-order chi connectivity index (χ0) is 12.7. The second kappa shape index (κ2) is 6.91. The van der Waals surface area contributed by atoms with Gasteiger partial charge in [0.05, 0.1) is 0 Å². The van der Waals surface area contributed by atoms with Gasteiger partial charge in [-0.25, -0.2) is 0 Å². The number of aliphatic imine (C=N–C) groups is 1. The summed E-state index contributed by atoms with van der Waals surface area (Å²) >= 11 is 2.03. The summed E-state index contributed by atoms with van der Waals surface area (Å²) in [6.07, 6.45) is 3.07. The van der Waals surface area contributed by atoms with Crippen molar-refractivity contribution in [1.82, 2.24) is 15.5 Å². The van der Waals surface area contributed by atoms with Crippen LogP contribution in [0, 0.1) is 0 Å². The lowest BCUT2D eigenvalue weighted by Gasteiger charge is -2.36. The van der Waals surface area contributed by atoms with Crippen LogP contribution in [0.25, 0.3) is 0 Å². The molecule has 0 saturated carbocycles. The Morgan fingerprint density at radius 1 is 1.53 bits per heavy atom. The number of hydrogen-bond acceptors (Lipinski definition) is 3. The molecule has 1 atom stereocenters. The van der Waals surface area contributed by atoms with Crippen molar-refractivity contribution in [2.75, 3.05) is 45.7 Å². The molecule has 1 heterocycles. The Bertz CT molecular complexity index is 270. The first-order chi connectivity index (χ1) is 8.14. The van der Waals surface area contributed by atoms with E-state index in [4.69, 9.17) is 0 Å². The summed E-state index contributed by atoms with van der Waals surface area (Å²) in [4.78, 5) is 6.53. The zero-order valence-electron chi connectivity index (χ0n) is 11.1. The zero-order valence-corrected chi connectivity index (χ0v) is 11.9. The highest BCUT2D eigenvalue weighted by Crippen LogP contribution is 2.31. The van der Waals surface area contributed by atoms with Crippen LogP contribution in [-0.4, -0.2) is 62.1 Å². The maximum Gasteiger partial charge on any atom is 0.191 e. The molecular formula is C12H24N4S. The Morgan fingerprint density at radius 3 is 2.76 bits per heavy atom. The number of hydrogen-bond donors (Lipinski definition) is 2. The van der Waals surface area contributed by atoms with Crippen molar-refractivity contribution in [2.24, 2.45) is 4.99 Å². The van der Waals surface area contributed by atoms with E-state index >= 15 is 0 Å². The van der Waals surface area contributed by atoms with Crippen molar-refractivity contribution in [3.05, 3.63) is 12.7 Å². The minimum Gasteiger partial charge on any atom is -0.355 e. The van der Waals surface area contributed by atoms with Crippen LogP contribution in [-0.2, 0) is 0 Å². The Hall–Kier alpha value is -0.680. The molecule has 4 nitrogen and oxygen atoms in total. The van der Waals surface area contributed by atoms with Gasteiger partial charge in [0.25, 0.3) is 0 Å². The molecule has 0 aromatic heterocycles. The molecule has 1 fully saturated rings. The normalized spacial score (nSPS) is 25.1. The molecule has 98 valence electrons. The summed E-state index contributed by atoms with van der Waals surface area (Å²) in [7, 11) is 6.12. The fraction of sp³-hybridized carbons (Fsp3) is 0.750. The molecule has 2 N–H and O–H groups in total. The fourth-order valence-corrected chi connectivity index (χ4v) is 3.44. The average Bonchev–Trinajstić information content (AvgIpc) is 2.79. The van der Waals surface area contributed by atoms with Crippen LogP contribution in [0.4, 0.5) is 0 Å². The number of guanidine groups is 1. The molecule has 1 saturated heterocycles. The molecular weight excluding hydrogens is 232 g/mol. The number of likely N-dealkylation sites (N-methyl/N-ethyl adjacent to an activating group) is 1. The van der Waals surface area contributed by atoms with Gasteiger partial charge in [0.2, 0.25) is 0 Å². The maximum absolute atomic E-state index is 4.20. The molecule has 5 heteroatoms. The van der Waals surface area contributed by atoms with E-state index in [2.05, 4.69) is 41.2 Å². The number of thioether (sulfide) groups is 1. The molecule has 1 unspecified atom stereocenters. The topological polar surface area (TPSA) is 39.7 Å². The predicted molar refractivity (Wildman–Crippen MR) is 77.9 cm³/mol.